The molecule has 37 heavy (non-hydrogen) atoms. The standard InChI is InChI=1S/C25H26ClF3N6O2/c1-16-15-35(13-12-33(16)2)19-7-5-18(6-8-19)31-23-30-11-10-22(32-23)34(3)24(36)37-21-14-17(25(27,28)29)4-9-20(21)26/h4-11,14,16H,12-13,15H2,1-3H3,(H,30,31,32). The lowest BCUT2D eigenvalue weighted by molar-refractivity contribution is -0.137. The van der Waals surface area contributed by atoms with E-state index in [0.717, 1.165) is 48.0 Å². The first kappa shape index (κ1) is 26.5. The second-order valence-corrected chi connectivity index (χ2v) is 9.16. The van der Waals surface area contributed by atoms with Gasteiger partial charge in [-0.05, 0) is 62.5 Å². The molecular weight excluding hydrogens is 509 g/mol. The molecule has 0 bridgehead atoms. The number of nitrogens with zero attached hydrogens (tertiary/aromatic N) is 5. The molecule has 12 heteroatoms. The summed E-state index contributed by atoms with van der Waals surface area (Å²) in [6, 6.07) is 12.3. The average Bonchev–Trinajstić information content (AvgIpc) is 2.86. The number of halogens is 4. The number of carbonyl (C=O) groups is 1. The minimum absolute atomic E-state index is 0.130. The number of piperazine rings is 1. The number of amides is 1. The summed E-state index contributed by atoms with van der Waals surface area (Å²) in [4.78, 5) is 26.8. The van der Waals surface area contributed by atoms with Crippen molar-refractivity contribution in [1.82, 2.24) is 14.9 Å². The summed E-state index contributed by atoms with van der Waals surface area (Å²) < 4.78 is 44.1. The third-order valence-electron chi connectivity index (χ3n) is 6.16. The van der Waals surface area contributed by atoms with E-state index in [9.17, 15) is 18.0 Å². The summed E-state index contributed by atoms with van der Waals surface area (Å²) in [5.74, 6) is -0.000515. The highest BCUT2D eigenvalue weighted by Gasteiger charge is 2.31. The Hall–Kier alpha value is -3.57. The summed E-state index contributed by atoms with van der Waals surface area (Å²) >= 11 is 5.93. The Bertz CT molecular complexity index is 1260. The number of benzene rings is 2. The van der Waals surface area contributed by atoms with Gasteiger partial charge < -0.3 is 19.9 Å². The maximum atomic E-state index is 13.0. The third-order valence-corrected chi connectivity index (χ3v) is 6.47. The molecule has 3 aromatic rings. The summed E-state index contributed by atoms with van der Waals surface area (Å²) in [6.07, 6.45) is -4.12. The van der Waals surface area contributed by atoms with Gasteiger partial charge in [-0.1, -0.05) is 11.6 Å². The Morgan fingerprint density at radius 3 is 2.57 bits per heavy atom. The Labute approximate surface area is 217 Å². The zero-order chi connectivity index (χ0) is 26.7. The second kappa shape index (κ2) is 10.8. The van der Waals surface area contributed by atoms with Crippen molar-refractivity contribution in [1.29, 1.82) is 0 Å². The van der Waals surface area contributed by atoms with Gasteiger partial charge in [-0.3, -0.25) is 4.90 Å². The van der Waals surface area contributed by atoms with Crippen molar-refractivity contribution in [3.8, 4) is 5.75 Å². The lowest BCUT2D eigenvalue weighted by Gasteiger charge is -2.39. The maximum Gasteiger partial charge on any atom is 0.420 e. The molecule has 2 heterocycles. The molecule has 1 unspecified atom stereocenters. The fourth-order valence-corrected chi connectivity index (χ4v) is 3.93. The quantitative estimate of drug-likeness (QED) is 0.452. The van der Waals surface area contributed by atoms with Crippen molar-refractivity contribution < 1.29 is 22.7 Å². The van der Waals surface area contributed by atoms with Crippen LogP contribution < -0.4 is 19.9 Å². The highest BCUT2D eigenvalue weighted by molar-refractivity contribution is 6.32. The molecule has 2 aromatic carbocycles. The van der Waals surface area contributed by atoms with E-state index in [1.165, 1.54) is 19.3 Å². The molecule has 0 radical (unpaired) electrons. The first-order valence-electron chi connectivity index (χ1n) is 11.5. The lowest BCUT2D eigenvalue weighted by Crippen LogP contribution is -2.50. The van der Waals surface area contributed by atoms with Crippen LogP contribution in [0.1, 0.15) is 12.5 Å². The summed E-state index contributed by atoms with van der Waals surface area (Å²) in [7, 11) is 3.50. The number of aromatic nitrogens is 2. The van der Waals surface area contributed by atoms with Gasteiger partial charge in [0.2, 0.25) is 5.95 Å². The van der Waals surface area contributed by atoms with Crippen molar-refractivity contribution in [3.63, 3.8) is 0 Å². The van der Waals surface area contributed by atoms with E-state index in [1.807, 2.05) is 24.3 Å². The maximum absolute atomic E-state index is 13.0. The molecule has 1 aromatic heterocycles. The van der Waals surface area contributed by atoms with Crippen LogP contribution in [-0.4, -0.2) is 60.7 Å². The molecule has 1 atom stereocenters. The number of likely N-dealkylation sites (N-methyl/N-ethyl adjacent to an activating group) is 1. The number of alkyl halides is 3. The number of nitrogens with one attached hydrogen (secondary N) is 1. The Kier molecular flexibility index (Phi) is 7.74. The Morgan fingerprint density at radius 1 is 1.16 bits per heavy atom. The highest BCUT2D eigenvalue weighted by Crippen LogP contribution is 2.35. The zero-order valence-electron chi connectivity index (χ0n) is 20.5. The summed E-state index contributed by atoms with van der Waals surface area (Å²) in [5.41, 5.74) is 0.893. The van der Waals surface area contributed by atoms with E-state index in [2.05, 4.69) is 39.1 Å². The van der Waals surface area contributed by atoms with E-state index in [1.54, 1.807) is 0 Å². The van der Waals surface area contributed by atoms with Gasteiger partial charge >= 0.3 is 12.3 Å². The van der Waals surface area contributed by atoms with Gasteiger partial charge in [0.05, 0.1) is 10.6 Å². The normalized spacial score (nSPS) is 16.4. The molecule has 0 spiro atoms. The van der Waals surface area contributed by atoms with E-state index in [-0.39, 0.29) is 16.8 Å². The van der Waals surface area contributed by atoms with E-state index in [4.69, 9.17) is 16.3 Å². The average molecular weight is 535 g/mol. The van der Waals surface area contributed by atoms with Crippen molar-refractivity contribution in [2.45, 2.75) is 19.1 Å². The van der Waals surface area contributed by atoms with Gasteiger partial charge in [-0.25, -0.2) is 9.78 Å². The van der Waals surface area contributed by atoms with Crippen LogP contribution in [0.25, 0.3) is 0 Å². The van der Waals surface area contributed by atoms with Gasteiger partial charge in [0.25, 0.3) is 0 Å². The molecule has 196 valence electrons. The van der Waals surface area contributed by atoms with Gasteiger partial charge in [0, 0.05) is 50.3 Å². The van der Waals surface area contributed by atoms with Gasteiger partial charge in [0.15, 0.2) is 5.75 Å². The van der Waals surface area contributed by atoms with Crippen molar-refractivity contribution in [2.24, 2.45) is 0 Å². The SMILES string of the molecule is CC1CN(c2ccc(Nc3nccc(N(C)C(=O)Oc4cc(C(F)(F)F)ccc4Cl)n3)cc2)CCN1C. The second-order valence-electron chi connectivity index (χ2n) is 8.76. The van der Waals surface area contributed by atoms with Crippen LogP contribution in [0.3, 0.4) is 0 Å². The first-order valence-corrected chi connectivity index (χ1v) is 11.9. The van der Waals surface area contributed by atoms with Crippen molar-refractivity contribution in [2.75, 3.05) is 48.8 Å². The van der Waals surface area contributed by atoms with Crippen molar-refractivity contribution in [3.05, 3.63) is 65.3 Å². The van der Waals surface area contributed by atoms with Gasteiger partial charge in [-0.15, -0.1) is 0 Å². The molecular formula is C25H26ClF3N6O2. The molecule has 1 fully saturated rings. The van der Waals surface area contributed by atoms with Crippen LogP contribution in [0.5, 0.6) is 5.75 Å². The van der Waals surface area contributed by atoms with Crippen LogP contribution in [0.2, 0.25) is 5.02 Å². The molecule has 1 aliphatic rings. The van der Waals surface area contributed by atoms with Crippen LogP contribution in [0.4, 0.5) is 41.1 Å². The number of hydrogen-bond acceptors (Lipinski definition) is 7. The van der Waals surface area contributed by atoms with Gasteiger partial charge in [0.1, 0.15) is 5.82 Å². The number of rotatable bonds is 5. The molecule has 0 aliphatic carbocycles. The monoisotopic (exact) mass is 534 g/mol. The van der Waals surface area contributed by atoms with Crippen LogP contribution >= 0.6 is 11.6 Å². The summed E-state index contributed by atoms with van der Waals surface area (Å²) in [6.45, 7) is 5.10. The molecule has 0 saturated carbocycles. The largest absolute Gasteiger partial charge is 0.420 e. The molecule has 1 aliphatic heterocycles. The smallest absolute Gasteiger partial charge is 0.408 e. The van der Waals surface area contributed by atoms with E-state index < -0.39 is 23.6 Å². The van der Waals surface area contributed by atoms with Gasteiger partial charge in [-0.2, -0.15) is 18.2 Å². The van der Waals surface area contributed by atoms with Crippen LogP contribution in [-0.2, 0) is 6.18 Å². The molecule has 1 saturated heterocycles. The fourth-order valence-electron chi connectivity index (χ4n) is 3.78. The minimum Gasteiger partial charge on any atom is -0.408 e. The molecule has 8 nitrogen and oxygen atoms in total. The predicted molar refractivity (Wildman–Crippen MR) is 137 cm³/mol. The number of hydrogen-bond donors (Lipinski definition) is 1. The Morgan fingerprint density at radius 2 is 1.89 bits per heavy atom. The summed E-state index contributed by atoms with van der Waals surface area (Å²) in [5, 5.41) is 2.96. The molecule has 1 N–H and O–H groups in total. The van der Waals surface area contributed by atoms with Crippen LogP contribution in [0.15, 0.2) is 54.7 Å². The number of anilines is 4. The molecule has 4 rings (SSSR count). The molecule has 1 amide bonds. The van der Waals surface area contributed by atoms with Crippen LogP contribution in [0, 0.1) is 0 Å². The number of carbonyl (C=O) groups excluding carboxylic acids is 1. The fraction of sp³-hybridized carbons (Fsp3) is 0.320. The predicted octanol–water partition coefficient (Wildman–Crippen LogP) is 5.67. The van der Waals surface area contributed by atoms with Crippen molar-refractivity contribution >= 4 is 40.8 Å². The van der Waals surface area contributed by atoms with E-state index >= 15 is 0 Å². The lowest BCUT2D eigenvalue weighted by atomic mass is 10.1. The highest BCUT2D eigenvalue weighted by atomic mass is 35.5. The first-order chi connectivity index (χ1) is 17.5. The zero-order valence-corrected chi connectivity index (χ0v) is 21.2. The third kappa shape index (κ3) is 6.41. The minimum atomic E-state index is -4.61. The topological polar surface area (TPSA) is 73.8 Å². The van der Waals surface area contributed by atoms with E-state index in [0.29, 0.717) is 12.1 Å². The number of ether oxygens (including phenoxy) is 1. The Balaban J connectivity index is 1.42.